The zero-order valence-electron chi connectivity index (χ0n) is 14.7. The van der Waals surface area contributed by atoms with Crippen LogP contribution in [0.4, 0.5) is 0 Å². The fraction of sp³-hybridized carbons (Fsp3) is 0.579. The number of rotatable bonds is 6. The molecule has 4 rings (SSSR count). The van der Waals surface area contributed by atoms with Crippen molar-refractivity contribution in [1.82, 2.24) is 20.3 Å². The van der Waals surface area contributed by atoms with E-state index in [1.54, 1.807) is 4.68 Å². The molecule has 0 radical (unpaired) electrons. The Balaban J connectivity index is 1.53. The predicted molar refractivity (Wildman–Crippen MR) is 98.6 cm³/mol. The molecular formula is C19H23N5OS. The average Bonchev–Trinajstić information content (AvgIpc) is 3.08. The van der Waals surface area contributed by atoms with Gasteiger partial charge in [0, 0.05) is 5.38 Å². The van der Waals surface area contributed by atoms with Gasteiger partial charge in [-0.05, 0) is 36.6 Å². The maximum absolute atomic E-state index is 12.6. The standard InChI is InChI=1S/C19H23N5OS/c20-13-19(7-8-19)24-11-17(22-23-24)16(10-14-4-2-1-3-5-14)21-18(25)15-6-9-26-12-15/h6,9,11-12,14,16H,1-5,7-8,10H2,(H,21,25)/t16-/m0/s1. The monoisotopic (exact) mass is 369 g/mol. The first-order chi connectivity index (χ1) is 12.7. The molecule has 2 aromatic heterocycles. The van der Waals surface area contributed by atoms with E-state index >= 15 is 0 Å². The highest BCUT2D eigenvalue weighted by Crippen LogP contribution is 2.42. The van der Waals surface area contributed by atoms with Crippen molar-refractivity contribution in [2.24, 2.45) is 5.92 Å². The van der Waals surface area contributed by atoms with Crippen LogP contribution in [-0.4, -0.2) is 20.9 Å². The Bertz CT molecular complexity index is 796. The molecular weight excluding hydrogens is 346 g/mol. The maximum atomic E-state index is 12.6. The van der Waals surface area contributed by atoms with Gasteiger partial charge >= 0.3 is 0 Å². The third-order valence-electron chi connectivity index (χ3n) is 5.62. The lowest BCUT2D eigenvalue weighted by Gasteiger charge is -2.26. The van der Waals surface area contributed by atoms with Crippen LogP contribution in [0.3, 0.4) is 0 Å². The predicted octanol–water partition coefficient (Wildman–Crippen LogP) is 3.79. The molecule has 26 heavy (non-hydrogen) atoms. The molecule has 7 heteroatoms. The maximum Gasteiger partial charge on any atom is 0.252 e. The molecule has 1 N–H and O–H groups in total. The second-order valence-corrected chi connectivity index (χ2v) is 8.29. The quantitative estimate of drug-likeness (QED) is 0.839. The van der Waals surface area contributed by atoms with Crippen LogP contribution in [0.1, 0.15) is 73.5 Å². The van der Waals surface area contributed by atoms with E-state index in [-0.39, 0.29) is 11.9 Å². The largest absolute Gasteiger partial charge is 0.343 e. The summed E-state index contributed by atoms with van der Waals surface area (Å²) in [4.78, 5) is 12.6. The van der Waals surface area contributed by atoms with E-state index < -0.39 is 5.54 Å². The van der Waals surface area contributed by atoms with Crippen molar-refractivity contribution in [3.63, 3.8) is 0 Å². The van der Waals surface area contributed by atoms with Crippen LogP contribution in [0.15, 0.2) is 23.0 Å². The fourth-order valence-electron chi connectivity index (χ4n) is 3.80. The lowest BCUT2D eigenvalue weighted by atomic mass is 9.84. The number of nitriles is 1. The van der Waals surface area contributed by atoms with E-state index in [0.29, 0.717) is 11.5 Å². The van der Waals surface area contributed by atoms with Crippen molar-refractivity contribution in [1.29, 1.82) is 5.26 Å². The molecule has 0 aliphatic heterocycles. The number of nitrogens with one attached hydrogen (secondary N) is 1. The first kappa shape index (κ1) is 17.2. The summed E-state index contributed by atoms with van der Waals surface area (Å²) in [6.07, 6.45) is 10.6. The number of aromatic nitrogens is 3. The molecule has 1 amide bonds. The number of nitrogens with zero attached hydrogens (tertiary/aromatic N) is 4. The van der Waals surface area contributed by atoms with E-state index in [4.69, 9.17) is 0 Å². The van der Waals surface area contributed by atoms with Gasteiger partial charge in [0.1, 0.15) is 5.69 Å². The van der Waals surface area contributed by atoms with Crippen LogP contribution in [0, 0.1) is 17.2 Å². The van der Waals surface area contributed by atoms with E-state index in [0.717, 1.165) is 25.0 Å². The molecule has 0 unspecified atom stereocenters. The lowest BCUT2D eigenvalue weighted by Crippen LogP contribution is -2.30. The second-order valence-electron chi connectivity index (χ2n) is 7.51. The summed E-state index contributed by atoms with van der Waals surface area (Å²) in [5.41, 5.74) is 0.935. The number of thiophene rings is 1. The molecule has 1 atom stereocenters. The summed E-state index contributed by atoms with van der Waals surface area (Å²) in [5.74, 6) is 0.538. The van der Waals surface area contributed by atoms with Crippen LogP contribution < -0.4 is 5.32 Å². The molecule has 2 aliphatic rings. The van der Waals surface area contributed by atoms with Gasteiger partial charge in [-0.15, -0.1) is 5.10 Å². The first-order valence-corrected chi connectivity index (χ1v) is 10.3. The third-order valence-corrected chi connectivity index (χ3v) is 6.30. The molecule has 6 nitrogen and oxygen atoms in total. The average molecular weight is 369 g/mol. The Kier molecular flexibility index (Phi) is 4.77. The molecule has 0 bridgehead atoms. The van der Waals surface area contributed by atoms with Gasteiger partial charge in [-0.3, -0.25) is 4.79 Å². The Labute approximate surface area is 157 Å². The van der Waals surface area contributed by atoms with Crippen LogP contribution in [-0.2, 0) is 5.54 Å². The molecule has 2 heterocycles. The normalized spacial score (nSPS) is 20.3. The summed E-state index contributed by atoms with van der Waals surface area (Å²) in [6.45, 7) is 0. The van der Waals surface area contributed by atoms with Crippen LogP contribution in [0.25, 0.3) is 0 Å². The minimum absolute atomic E-state index is 0.0666. The molecule has 136 valence electrons. The van der Waals surface area contributed by atoms with Gasteiger partial charge in [-0.25, -0.2) is 4.68 Å². The van der Waals surface area contributed by atoms with Gasteiger partial charge in [0.25, 0.3) is 5.91 Å². The highest BCUT2D eigenvalue weighted by atomic mass is 32.1. The topological polar surface area (TPSA) is 83.6 Å². The van der Waals surface area contributed by atoms with Crippen molar-refractivity contribution in [3.05, 3.63) is 34.3 Å². The van der Waals surface area contributed by atoms with Crippen LogP contribution in [0.5, 0.6) is 0 Å². The molecule has 0 aromatic carbocycles. The van der Waals surface area contributed by atoms with E-state index in [9.17, 15) is 10.1 Å². The second kappa shape index (κ2) is 7.20. The highest BCUT2D eigenvalue weighted by Gasteiger charge is 2.46. The van der Waals surface area contributed by atoms with Gasteiger partial charge in [0.15, 0.2) is 5.54 Å². The minimum atomic E-state index is -0.516. The number of hydrogen-bond donors (Lipinski definition) is 1. The van der Waals surface area contributed by atoms with Gasteiger partial charge in [-0.1, -0.05) is 37.3 Å². The SMILES string of the molecule is N#CC1(n2cc([C@H](CC3CCCCC3)NC(=O)c3ccsc3)nn2)CC1. The fourth-order valence-corrected chi connectivity index (χ4v) is 4.44. The molecule has 0 spiro atoms. The Hall–Kier alpha value is -2.20. The summed E-state index contributed by atoms with van der Waals surface area (Å²) < 4.78 is 1.69. The molecule has 2 saturated carbocycles. The van der Waals surface area contributed by atoms with Crippen molar-refractivity contribution in [2.45, 2.75) is 62.9 Å². The molecule has 2 aromatic rings. The number of carbonyl (C=O) groups is 1. The van der Waals surface area contributed by atoms with E-state index in [2.05, 4.69) is 21.7 Å². The number of amides is 1. The Morgan fingerprint density at radius 2 is 2.23 bits per heavy atom. The van der Waals surface area contributed by atoms with Crippen molar-refractivity contribution >= 4 is 17.2 Å². The van der Waals surface area contributed by atoms with E-state index in [1.807, 2.05) is 23.0 Å². The van der Waals surface area contributed by atoms with Gasteiger partial charge < -0.3 is 5.32 Å². The molecule has 2 fully saturated rings. The number of carbonyl (C=O) groups excluding carboxylic acids is 1. The lowest BCUT2D eigenvalue weighted by molar-refractivity contribution is 0.0927. The zero-order valence-corrected chi connectivity index (χ0v) is 15.5. The molecule has 2 aliphatic carbocycles. The first-order valence-electron chi connectivity index (χ1n) is 9.37. The van der Waals surface area contributed by atoms with Gasteiger partial charge in [-0.2, -0.15) is 16.6 Å². The van der Waals surface area contributed by atoms with Crippen molar-refractivity contribution in [2.75, 3.05) is 0 Å². The minimum Gasteiger partial charge on any atom is -0.343 e. The summed E-state index contributed by atoms with van der Waals surface area (Å²) in [5, 5.41) is 24.8. The summed E-state index contributed by atoms with van der Waals surface area (Å²) in [7, 11) is 0. The van der Waals surface area contributed by atoms with E-state index in [1.165, 1.54) is 43.4 Å². The Morgan fingerprint density at radius 1 is 1.42 bits per heavy atom. The third kappa shape index (κ3) is 3.51. The number of hydrogen-bond acceptors (Lipinski definition) is 5. The van der Waals surface area contributed by atoms with Gasteiger partial charge in [0.05, 0.1) is 23.9 Å². The zero-order chi connectivity index (χ0) is 18.0. The van der Waals surface area contributed by atoms with Crippen molar-refractivity contribution < 1.29 is 4.79 Å². The van der Waals surface area contributed by atoms with Crippen molar-refractivity contribution in [3.8, 4) is 6.07 Å². The Morgan fingerprint density at radius 3 is 2.88 bits per heavy atom. The highest BCUT2D eigenvalue weighted by molar-refractivity contribution is 7.08. The van der Waals surface area contributed by atoms with Gasteiger partial charge in [0.2, 0.25) is 0 Å². The van der Waals surface area contributed by atoms with Crippen LogP contribution >= 0.6 is 11.3 Å². The molecule has 0 saturated heterocycles. The summed E-state index contributed by atoms with van der Waals surface area (Å²) >= 11 is 1.52. The summed E-state index contributed by atoms with van der Waals surface area (Å²) in [6, 6.07) is 4.02. The van der Waals surface area contributed by atoms with Crippen LogP contribution in [0.2, 0.25) is 0 Å². The smallest absolute Gasteiger partial charge is 0.252 e.